The van der Waals surface area contributed by atoms with Crippen LogP contribution in [0.25, 0.3) is 10.8 Å². The second-order valence-corrected chi connectivity index (χ2v) is 5.80. The average molecular weight is 341 g/mol. The molecule has 0 unspecified atom stereocenters. The van der Waals surface area contributed by atoms with Crippen molar-refractivity contribution in [1.82, 2.24) is 4.98 Å². The molecule has 1 aromatic carbocycles. The second kappa shape index (κ2) is 6.47. The number of aryl methyl sites for hydroxylation is 1. The van der Waals surface area contributed by atoms with Crippen molar-refractivity contribution < 1.29 is 19.4 Å². The number of methoxy groups -OCH3 is 1. The molecule has 6 heteroatoms. The monoisotopic (exact) mass is 341 g/mol. The molecule has 0 saturated heterocycles. The van der Waals surface area contributed by atoms with Crippen LogP contribution < -0.4 is 10.4 Å². The van der Waals surface area contributed by atoms with Crippen LogP contribution in [0.5, 0.6) is 17.2 Å². The number of aromatic hydroxyl groups is 2. The third kappa shape index (κ3) is 2.80. The van der Waals surface area contributed by atoms with Gasteiger partial charge in [0.15, 0.2) is 0 Å². The first-order valence-corrected chi connectivity index (χ1v) is 7.94. The highest BCUT2D eigenvalue weighted by atomic mass is 16.5. The number of phenolic OH excluding ortho intramolecular Hbond substituents is 1. The van der Waals surface area contributed by atoms with E-state index in [-0.39, 0.29) is 23.5 Å². The van der Waals surface area contributed by atoms with Gasteiger partial charge in [-0.2, -0.15) is 0 Å². The highest BCUT2D eigenvalue weighted by Crippen LogP contribution is 2.38. The quantitative estimate of drug-likeness (QED) is 0.757. The predicted molar refractivity (Wildman–Crippen MR) is 93.5 cm³/mol. The molecule has 0 bridgehead atoms. The van der Waals surface area contributed by atoms with Crippen LogP contribution in [0.1, 0.15) is 29.4 Å². The summed E-state index contributed by atoms with van der Waals surface area (Å²) in [6.45, 7) is 3.54. The van der Waals surface area contributed by atoms with Gasteiger partial charge in [0.05, 0.1) is 12.7 Å². The van der Waals surface area contributed by atoms with E-state index in [1.54, 1.807) is 31.5 Å². The third-order valence-corrected chi connectivity index (χ3v) is 4.40. The second-order valence-electron chi connectivity index (χ2n) is 5.80. The third-order valence-electron chi connectivity index (χ3n) is 4.40. The van der Waals surface area contributed by atoms with Gasteiger partial charge >= 0.3 is 5.63 Å². The minimum absolute atomic E-state index is 0.0150. The molecule has 0 aliphatic carbocycles. The van der Waals surface area contributed by atoms with E-state index in [2.05, 4.69) is 4.98 Å². The van der Waals surface area contributed by atoms with Crippen molar-refractivity contribution in [3.8, 4) is 17.2 Å². The number of hydrogen-bond acceptors (Lipinski definition) is 6. The summed E-state index contributed by atoms with van der Waals surface area (Å²) >= 11 is 0. The first-order chi connectivity index (χ1) is 12.0. The summed E-state index contributed by atoms with van der Waals surface area (Å²) in [5.41, 5.74) is 0.395. The van der Waals surface area contributed by atoms with Gasteiger partial charge in [0.1, 0.15) is 23.0 Å². The van der Waals surface area contributed by atoms with Gasteiger partial charge < -0.3 is 19.4 Å². The van der Waals surface area contributed by atoms with Crippen molar-refractivity contribution in [1.29, 1.82) is 0 Å². The topological polar surface area (TPSA) is 92.8 Å². The molecule has 0 atom stereocenters. The van der Waals surface area contributed by atoms with Gasteiger partial charge in [-0.05, 0) is 24.4 Å². The number of pyridine rings is 1. The van der Waals surface area contributed by atoms with Crippen LogP contribution in [0.15, 0.2) is 33.7 Å². The zero-order chi connectivity index (χ0) is 18.1. The minimum atomic E-state index is -0.618. The molecule has 0 aliphatic heterocycles. The largest absolute Gasteiger partial charge is 0.507 e. The molecular weight excluding hydrogens is 322 g/mol. The van der Waals surface area contributed by atoms with E-state index < -0.39 is 5.63 Å². The number of nitrogens with zero attached hydrogens (tertiary/aromatic N) is 1. The fourth-order valence-electron chi connectivity index (χ4n) is 2.96. The summed E-state index contributed by atoms with van der Waals surface area (Å²) in [6, 6.07) is 3.52. The Kier molecular flexibility index (Phi) is 4.35. The van der Waals surface area contributed by atoms with E-state index in [4.69, 9.17) is 9.15 Å². The lowest BCUT2D eigenvalue weighted by molar-refractivity contribution is 0.396. The van der Waals surface area contributed by atoms with Gasteiger partial charge in [0.2, 0.25) is 0 Å². The molecular formula is C19H19NO5. The van der Waals surface area contributed by atoms with Crippen LogP contribution in [-0.2, 0) is 12.8 Å². The summed E-state index contributed by atoms with van der Waals surface area (Å²) < 4.78 is 10.7. The number of rotatable bonds is 4. The summed E-state index contributed by atoms with van der Waals surface area (Å²) in [6.07, 6.45) is 3.65. The van der Waals surface area contributed by atoms with Gasteiger partial charge in [-0.1, -0.05) is 6.92 Å². The molecule has 3 aromatic rings. The van der Waals surface area contributed by atoms with Gasteiger partial charge in [-0.15, -0.1) is 0 Å². The summed E-state index contributed by atoms with van der Waals surface area (Å²) in [5, 5.41) is 22.4. The van der Waals surface area contributed by atoms with E-state index >= 15 is 0 Å². The molecule has 3 rings (SSSR count). The highest BCUT2D eigenvalue weighted by Gasteiger charge is 2.21. The fraction of sp³-hybridized carbons (Fsp3) is 0.263. The Morgan fingerprint density at radius 1 is 1.24 bits per heavy atom. The number of benzene rings is 1. The Hall–Kier alpha value is -3.02. The molecule has 130 valence electrons. The number of fused-ring (bicyclic) bond motifs is 1. The normalized spacial score (nSPS) is 11.0. The van der Waals surface area contributed by atoms with Crippen molar-refractivity contribution >= 4 is 10.8 Å². The molecule has 0 saturated carbocycles. The predicted octanol–water partition coefficient (Wildman–Crippen LogP) is 3.07. The molecule has 0 fully saturated rings. The average Bonchev–Trinajstić information content (AvgIpc) is 2.63. The molecule has 0 aliphatic rings. The molecule has 6 nitrogen and oxygen atoms in total. The highest BCUT2D eigenvalue weighted by molar-refractivity contribution is 5.90. The van der Waals surface area contributed by atoms with E-state index in [9.17, 15) is 15.0 Å². The fourth-order valence-corrected chi connectivity index (χ4v) is 2.96. The van der Waals surface area contributed by atoms with Gasteiger partial charge in [-0.25, -0.2) is 4.79 Å². The lowest BCUT2D eigenvalue weighted by Gasteiger charge is -2.14. The van der Waals surface area contributed by atoms with Crippen molar-refractivity contribution in [2.45, 2.75) is 26.7 Å². The number of hydrogen-bond donors (Lipinski definition) is 2. The zero-order valence-electron chi connectivity index (χ0n) is 14.3. The summed E-state index contributed by atoms with van der Waals surface area (Å²) in [7, 11) is 1.49. The van der Waals surface area contributed by atoms with Crippen molar-refractivity contribution in [3.05, 3.63) is 57.4 Å². The number of ether oxygens (including phenoxy) is 1. The van der Waals surface area contributed by atoms with Crippen LogP contribution in [0.3, 0.4) is 0 Å². The Morgan fingerprint density at radius 2 is 2.00 bits per heavy atom. The molecule has 2 heterocycles. The van der Waals surface area contributed by atoms with E-state index in [1.165, 1.54) is 7.11 Å². The Bertz CT molecular complexity index is 1010. The molecule has 0 amide bonds. The first-order valence-electron chi connectivity index (χ1n) is 7.94. The lowest BCUT2D eigenvalue weighted by Crippen LogP contribution is -2.12. The summed E-state index contributed by atoms with van der Waals surface area (Å²) in [4.78, 5) is 16.3. The smallest absolute Gasteiger partial charge is 0.343 e. The Morgan fingerprint density at radius 3 is 2.68 bits per heavy atom. The summed E-state index contributed by atoms with van der Waals surface area (Å²) in [5.74, 6) is 0.733. The van der Waals surface area contributed by atoms with E-state index in [0.29, 0.717) is 34.4 Å². The molecule has 2 N–H and O–H groups in total. The maximum atomic E-state index is 12.3. The number of phenols is 1. The van der Waals surface area contributed by atoms with Crippen molar-refractivity contribution in [2.24, 2.45) is 0 Å². The first kappa shape index (κ1) is 16.8. The van der Waals surface area contributed by atoms with Crippen molar-refractivity contribution in [3.63, 3.8) is 0 Å². The van der Waals surface area contributed by atoms with Gasteiger partial charge in [0, 0.05) is 41.7 Å². The van der Waals surface area contributed by atoms with Crippen LogP contribution in [-0.4, -0.2) is 22.3 Å². The molecule has 0 radical (unpaired) electrons. The van der Waals surface area contributed by atoms with Gasteiger partial charge in [-0.3, -0.25) is 4.98 Å². The maximum absolute atomic E-state index is 12.3. The molecule has 0 spiro atoms. The van der Waals surface area contributed by atoms with E-state index in [1.807, 2.05) is 6.92 Å². The zero-order valence-corrected chi connectivity index (χ0v) is 14.3. The van der Waals surface area contributed by atoms with E-state index in [0.717, 1.165) is 5.39 Å². The number of aromatic nitrogens is 1. The van der Waals surface area contributed by atoms with Crippen LogP contribution in [0, 0.1) is 6.92 Å². The SMILES string of the molecule is CCc1oc(=O)c(Cc2c(OC)cc3ccncc3c2O)c(O)c1C. The Labute approximate surface area is 144 Å². The Balaban J connectivity index is 2.21. The van der Waals surface area contributed by atoms with Crippen molar-refractivity contribution in [2.75, 3.05) is 7.11 Å². The standard InChI is InChI=1S/C19H19NO5/c1-4-15-10(2)17(21)13(19(23)25-15)8-12-16(24-3)7-11-5-6-20-9-14(11)18(12)22/h5-7,9,21-22H,4,8H2,1-3H3. The van der Waals surface area contributed by atoms with Crippen LogP contribution in [0.4, 0.5) is 0 Å². The molecule has 25 heavy (non-hydrogen) atoms. The van der Waals surface area contributed by atoms with Gasteiger partial charge in [0.25, 0.3) is 0 Å². The minimum Gasteiger partial charge on any atom is -0.507 e. The molecule has 2 aromatic heterocycles. The maximum Gasteiger partial charge on any atom is 0.343 e. The lowest BCUT2D eigenvalue weighted by atomic mass is 9.98. The van der Waals surface area contributed by atoms with Crippen LogP contribution >= 0.6 is 0 Å². The van der Waals surface area contributed by atoms with Crippen LogP contribution in [0.2, 0.25) is 0 Å².